The van der Waals surface area contributed by atoms with Crippen LogP contribution in [0.1, 0.15) is 37.0 Å². The van der Waals surface area contributed by atoms with Gasteiger partial charge in [-0.25, -0.2) is 13.1 Å². The lowest BCUT2D eigenvalue weighted by molar-refractivity contribution is -0.152. The van der Waals surface area contributed by atoms with Crippen LogP contribution in [0, 0.1) is 5.92 Å². The number of amides is 2. The second kappa shape index (κ2) is 10.9. The van der Waals surface area contributed by atoms with Gasteiger partial charge in [-0.15, -0.1) is 11.3 Å². The number of thiophene rings is 1. The molecule has 0 bridgehead atoms. The Morgan fingerprint density at radius 2 is 1.88 bits per heavy atom. The lowest BCUT2D eigenvalue weighted by Gasteiger charge is -2.29. The van der Waals surface area contributed by atoms with Gasteiger partial charge in [-0.05, 0) is 69.3 Å². The Morgan fingerprint density at radius 1 is 1.09 bits per heavy atom. The molecular weight excluding hydrogens is 484 g/mol. The van der Waals surface area contributed by atoms with Crippen LogP contribution in [-0.4, -0.2) is 86.8 Å². The van der Waals surface area contributed by atoms with E-state index in [9.17, 15) is 18.0 Å². The van der Waals surface area contributed by atoms with Gasteiger partial charge in [0, 0.05) is 49.1 Å². The molecule has 1 N–H and O–H groups in total. The maximum atomic E-state index is 12.9. The Kier molecular flexibility index (Phi) is 8.11. The van der Waals surface area contributed by atoms with Gasteiger partial charge < -0.3 is 14.7 Å². The molecule has 3 aliphatic heterocycles. The van der Waals surface area contributed by atoms with Crippen molar-refractivity contribution in [3.05, 3.63) is 26.8 Å². The Labute approximate surface area is 204 Å². The summed E-state index contributed by atoms with van der Waals surface area (Å²) in [5, 5.41) is 1.13. The number of carbonyl (C=O) groups excluding carboxylic acids is 2. The highest BCUT2D eigenvalue weighted by Gasteiger charge is 2.38. The van der Waals surface area contributed by atoms with E-state index in [1.807, 2.05) is 0 Å². The van der Waals surface area contributed by atoms with Crippen LogP contribution >= 0.6 is 22.9 Å². The van der Waals surface area contributed by atoms with Crippen molar-refractivity contribution < 1.29 is 18.0 Å². The van der Waals surface area contributed by atoms with E-state index < -0.39 is 21.8 Å². The highest BCUT2D eigenvalue weighted by Crippen LogP contribution is 2.24. The van der Waals surface area contributed by atoms with Crippen LogP contribution in [0.5, 0.6) is 0 Å². The van der Waals surface area contributed by atoms with Crippen LogP contribution in [0.3, 0.4) is 0 Å². The third-order valence-corrected chi connectivity index (χ3v) is 8.90. The number of nitrogens with one attached hydrogen (secondary N) is 1. The number of hydrogen-bond acceptors (Lipinski definition) is 6. The molecule has 0 aromatic carbocycles. The first kappa shape index (κ1) is 24.7. The molecule has 2 atom stereocenters. The molecule has 33 heavy (non-hydrogen) atoms. The molecule has 1 aromatic rings. The quantitative estimate of drug-likeness (QED) is 0.563. The average molecular weight is 515 g/mol. The maximum Gasteiger partial charge on any atom is 0.312 e. The SMILES string of the molecule is O=C(C(=O)N1CCC[C@H]1CN1CCCC1)N1CC[C@H](CNS(=O)(=O)/C=C/c2ccc(Cl)s2)C1. The van der Waals surface area contributed by atoms with Gasteiger partial charge in [-0.2, -0.15) is 0 Å². The molecule has 3 aliphatic rings. The van der Waals surface area contributed by atoms with Crippen LogP contribution in [0.15, 0.2) is 17.5 Å². The average Bonchev–Trinajstić information content (AvgIpc) is 3.58. The number of hydrogen-bond donors (Lipinski definition) is 1. The largest absolute Gasteiger partial charge is 0.334 e. The summed E-state index contributed by atoms with van der Waals surface area (Å²) < 4.78 is 27.7. The van der Waals surface area contributed by atoms with Gasteiger partial charge in [-0.1, -0.05) is 11.6 Å². The maximum absolute atomic E-state index is 12.9. The molecular formula is C22H31ClN4O4S2. The van der Waals surface area contributed by atoms with Crippen molar-refractivity contribution >= 4 is 50.9 Å². The molecule has 4 rings (SSSR count). The van der Waals surface area contributed by atoms with Gasteiger partial charge in [0.05, 0.1) is 4.34 Å². The topological polar surface area (TPSA) is 90.0 Å². The van der Waals surface area contributed by atoms with Crippen molar-refractivity contribution in [3.63, 3.8) is 0 Å². The van der Waals surface area contributed by atoms with Crippen molar-refractivity contribution in [1.82, 2.24) is 19.4 Å². The molecule has 1 aromatic heterocycles. The molecule has 2 amide bonds. The lowest BCUT2D eigenvalue weighted by atomic mass is 10.1. The summed E-state index contributed by atoms with van der Waals surface area (Å²) in [6.45, 7) is 4.75. The zero-order chi connectivity index (χ0) is 23.4. The van der Waals surface area contributed by atoms with Gasteiger partial charge >= 0.3 is 11.8 Å². The summed E-state index contributed by atoms with van der Waals surface area (Å²) in [7, 11) is -3.59. The predicted octanol–water partition coefficient (Wildman–Crippen LogP) is 2.23. The summed E-state index contributed by atoms with van der Waals surface area (Å²) in [5.74, 6) is -0.876. The van der Waals surface area contributed by atoms with Crippen LogP contribution in [0.4, 0.5) is 0 Å². The van der Waals surface area contributed by atoms with E-state index in [1.54, 1.807) is 21.9 Å². The standard InChI is InChI=1S/C22H31ClN4O4S2/c23-20-6-5-19(32-20)8-13-33(30,31)24-14-17-7-12-26(15-17)21(28)22(29)27-11-3-4-18(27)16-25-9-1-2-10-25/h5-6,8,13,17-18,24H,1-4,7,9-12,14-16H2/b13-8+/t17-,18+/m1/s1. The highest BCUT2D eigenvalue weighted by atomic mass is 35.5. The van der Waals surface area contributed by atoms with Crippen LogP contribution in [0.2, 0.25) is 4.34 Å². The first-order valence-electron chi connectivity index (χ1n) is 11.6. The van der Waals surface area contributed by atoms with Crippen molar-refractivity contribution in [2.24, 2.45) is 5.92 Å². The summed E-state index contributed by atoms with van der Waals surface area (Å²) in [6, 6.07) is 3.59. The molecule has 0 saturated carbocycles. The van der Waals surface area contributed by atoms with Gasteiger partial charge in [-0.3, -0.25) is 9.59 Å². The monoisotopic (exact) mass is 514 g/mol. The lowest BCUT2D eigenvalue weighted by Crippen LogP contribution is -2.49. The fraction of sp³-hybridized carbons (Fsp3) is 0.636. The molecule has 8 nitrogen and oxygen atoms in total. The molecule has 3 saturated heterocycles. The van der Waals surface area contributed by atoms with Crippen molar-refractivity contribution in [2.45, 2.75) is 38.1 Å². The van der Waals surface area contributed by atoms with Crippen LogP contribution < -0.4 is 4.72 Å². The van der Waals surface area contributed by atoms with Gasteiger partial charge in [0.1, 0.15) is 0 Å². The van der Waals surface area contributed by atoms with Gasteiger partial charge in [0.25, 0.3) is 0 Å². The van der Waals surface area contributed by atoms with E-state index in [0.29, 0.717) is 30.4 Å². The Bertz CT molecular complexity index is 990. The van der Waals surface area contributed by atoms with E-state index in [1.165, 1.54) is 30.3 Å². The van der Waals surface area contributed by atoms with Crippen LogP contribution in [0.25, 0.3) is 6.08 Å². The van der Waals surface area contributed by atoms with E-state index in [4.69, 9.17) is 11.6 Å². The normalized spacial score (nSPS) is 24.4. The number of likely N-dealkylation sites (tertiary alicyclic amines) is 3. The van der Waals surface area contributed by atoms with Gasteiger partial charge in [0.2, 0.25) is 10.0 Å². The fourth-order valence-electron chi connectivity index (χ4n) is 4.85. The van der Waals surface area contributed by atoms with Crippen molar-refractivity contribution in [1.29, 1.82) is 0 Å². The molecule has 0 radical (unpaired) electrons. The summed E-state index contributed by atoms with van der Waals surface area (Å²) in [5.41, 5.74) is 0. The first-order valence-corrected chi connectivity index (χ1v) is 14.3. The number of carbonyl (C=O) groups is 2. The fourth-order valence-corrected chi connectivity index (χ4v) is 6.79. The van der Waals surface area contributed by atoms with E-state index in [-0.39, 0.29) is 18.5 Å². The van der Waals surface area contributed by atoms with E-state index in [0.717, 1.165) is 42.8 Å². The third-order valence-electron chi connectivity index (χ3n) is 6.64. The van der Waals surface area contributed by atoms with Gasteiger partial charge in [0.15, 0.2) is 0 Å². The molecule has 0 spiro atoms. The second-order valence-electron chi connectivity index (χ2n) is 9.05. The number of halogens is 1. The van der Waals surface area contributed by atoms with E-state index in [2.05, 4.69) is 9.62 Å². The van der Waals surface area contributed by atoms with Crippen LogP contribution in [-0.2, 0) is 19.6 Å². The Balaban J connectivity index is 1.25. The number of sulfonamides is 1. The minimum absolute atomic E-state index is 0.0138. The zero-order valence-electron chi connectivity index (χ0n) is 18.6. The second-order valence-corrected chi connectivity index (χ2v) is 12.4. The Hall–Kier alpha value is -1.46. The molecule has 182 valence electrons. The Morgan fingerprint density at radius 3 is 2.61 bits per heavy atom. The predicted molar refractivity (Wildman–Crippen MR) is 130 cm³/mol. The minimum atomic E-state index is -3.59. The number of nitrogens with zero attached hydrogens (tertiary/aromatic N) is 3. The zero-order valence-corrected chi connectivity index (χ0v) is 21.0. The smallest absolute Gasteiger partial charge is 0.312 e. The molecule has 11 heteroatoms. The highest BCUT2D eigenvalue weighted by molar-refractivity contribution is 7.92. The molecule has 4 heterocycles. The molecule has 0 unspecified atom stereocenters. The molecule has 0 aliphatic carbocycles. The molecule has 3 fully saturated rings. The summed E-state index contributed by atoms with van der Waals surface area (Å²) in [4.78, 5) is 32.3. The summed E-state index contributed by atoms with van der Waals surface area (Å²) >= 11 is 7.17. The van der Waals surface area contributed by atoms with Crippen molar-refractivity contribution in [3.8, 4) is 0 Å². The third kappa shape index (κ3) is 6.57. The van der Waals surface area contributed by atoms with E-state index >= 15 is 0 Å². The summed E-state index contributed by atoms with van der Waals surface area (Å²) in [6.07, 6.45) is 6.48. The minimum Gasteiger partial charge on any atom is -0.334 e. The van der Waals surface area contributed by atoms with Crippen molar-refractivity contribution in [2.75, 3.05) is 45.8 Å². The first-order chi connectivity index (χ1) is 15.8. The number of rotatable bonds is 7.